The lowest BCUT2D eigenvalue weighted by Gasteiger charge is -2.34. The number of amides is 1. The summed E-state index contributed by atoms with van der Waals surface area (Å²) in [4.78, 5) is 27.1. The SMILES string of the molecule is CCOC(=O)c1c(N)sc2c1CCN(C(=O)OC(C)(C)C)[C@@H]2C. The van der Waals surface area contributed by atoms with Crippen molar-refractivity contribution in [3.05, 3.63) is 16.0 Å². The number of thiophene rings is 1. The van der Waals surface area contributed by atoms with Gasteiger partial charge in [-0.15, -0.1) is 11.3 Å². The summed E-state index contributed by atoms with van der Waals surface area (Å²) in [6.07, 6.45) is 0.223. The average molecular weight is 340 g/mol. The van der Waals surface area contributed by atoms with Crippen molar-refractivity contribution in [1.29, 1.82) is 0 Å². The third kappa shape index (κ3) is 3.60. The highest BCUT2D eigenvalue weighted by molar-refractivity contribution is 7.16. The van der Waals surface area contributed by atoms with Crippen molar-refractivity contribution in [2.75, 3.05) is 18.9 Å². The van der Waals surface area contributed by atoms with Crippen LogP contribution in [-0.2, 0) is 15.9 Å². The molecule has 1 aromatic heterocycles. The van der Waals surface area contributed by atoms with Gasteiger partial charge in [0.25, 0.3) is 0 Å². The molecule has 0 saturated heterocycles. The summed E-state index contributed by atoms with van der Waals surface area (Å²) in [5.74, 6) is -0.389. The Balaban J connectivity index is 2.28. The number of hydrogen-bond donors (Lipinski definition) is 1. The Labute approximate surface area is 140 Å². The first kappa shape index (κ1) is 17.6. The van der Waals surface area contributed by atoms with Crippen LogP contribution in [0.3, 0.4) is 0 Å². The minimum atomic E-state index is -0.540. The third-order valence-electron chi connectivity index (χ3n) is 3.62. The van der Waals surface area contributed by atoms with Crippen LogP contribution in [-0.4, -0.2) is 35.7 Å². The van der Waals surface area contributed by atoms with Gasteiger partial charge in [-0.2, -0.15) is 0 Å². The molecule has 0 unspecified atom stereocenters. The molecule has 0 bridgehead atoms. The molecular formula is C16H24N2O4S. The van der Waals surface area contributed by atoms with Crippen LogP contribution in [0, 0.1) is 0 Å². The molecule has 2 rings (SSSR count). The Morgan fingerprint density at radius 2 is 2.04 bits per heavy atom. The maximum Gasteiger partial charge on any atom is 0.410 e. The fourth-order valence-electron chi connectivity index (χ4n) is 2.65. The van der Waals surface area contributed by atoms with Crippen LogP contribution in [0.1, 0.15) is 61.5 Å². The first-order valence-electron chi connectivity index (χ1n) is 7.73. The maximum atomic E-state index is 12.3. The van der Waals surface area contributed by atoms with Crippen LogP contribution >= 0.6 is 11.3 Å². The molecule has 0 radical (unpaired) electrons. The molecule has 0 fully saturated rings. The second-order valence-electron chi connectivity index (χ2n) is 6.50. The summed E-state index contributed by atoms with van der Waals surface area (Å²) < 4.78 is 10.5. The van der Waals surface area contributed by atoms with Crippen LogP contribution < -0.4 is 5.73 Å². The number of nitrogen functional groups attached to an aromatic ring is 1. The number of ether oxygens (including phenoxy) is 2. The van der Waals surface area contributed by atoms with Gasteiger partial charge < -0.3 is 20.1 Å². The molecule has 0 aromatic carbocycles. The highest BCUT2D eigenvalue weighted by Gasteiger charge is 2.36. The van der Waals surface area contributed by atoms with E-state index in [9.17, 15) is 9.59 Å². The Morgan fingerprint density at radius 1 is 1.39 bits per heavy atom. The molecule has 1 atom stereocenters. The molecule has 23 heavy (non-hydrogen) atoms. The van der Waals surface area contributed by atoms with Crippen molar-refractivity contribution in [1.82, 2.24) is 4.90 Å². The van der Waals surface area contributed by atoms with E-state index in [0.717, 1.165) is 10.4 Å². The summed E-state index contributed by atoms with van der Waals surface area (Å²) in [6.45, 7) is 10.0. The molecule has 2 N–H and O–H groups in total. The predicted octanol–water partition coefficient (Wildman–Crippen LogP) is 3.36. The average Bonchev–Trinajstić information content (AvgIpc) is 2.74. The quantitative estimate of drug-likeness (QED) is 0.835. The van der Waals surface area contributed by atoms with E-state index < -0.39 is 5.60 Å². The normalized spacial score (nSPS) is 17.6. The third-order valence-corrected chi connectivity index (χ3v) is 4.85. The van der Waals surface area contributed by atoms with Gasteiger partial charge in [0.2, 0.25) is 0 Å². The zero-order valence-electron chi connectivity index (χ0n) is 14.3. The van der Waals surface area contributed by atoms with E-state index >= 15 is 0 Å². The van der Waals surface area contributed by atoms with Gasteiger partial charge in [0.05, 0.1) is 18.2 Å². The summed E-state index contributed by atoms with van der Waals surface area (Å²) >= 11 is 1.35. The number of nitrogens with zero attached hydrogens (tertiary/aromatic N) is 1. The van der Waals surface area contributed by atoms with Crippen LogP contribution in [0.25, 0.3) is 0 Å². The zero-order chi connectivity index (χ0) is 17.4. The Morgan fingerprint density at radius 3 is 2.61 bits per heavy atom. The van der Waals surface area contributed by atoms with Gasteiger partial charge in [-0.05, 0) is 46.6 Å². The van der Waals surface area contributed by atoms with Crippen molar-refractivity contribution >= 4 is 28.4 Å². The molecule has 2 heterocycles. The molecule has 1 aliphatic rings. The van der Waals surface area contributed by atoms with Gasteiger partial charge in [0.15, 0.2) is 0 Å². The van der Waals surface area contributed by atoms with Gasteiger partial charge in [0, 0.05) is 11.4 Å². The molecule has 1 aromatic rings. The number of anilines is 1. The second-order valence-corrected chi connectivity index (χ2v) is 7.59. The van der Waals surface area contributed by atoms with E-state index in [2.05, 4.69) is 0 Å². The smallest absolute Gasteiger partial charge is 0.410 e. The molecule has 0 spiro atoms. The summed E-state index contributed by atoms with van der Waals surface area (Å²) in [5, 5.41) is 0.450. The van der Waals surface area contributed by atoms with Gasteiger partial charge in [-0.3, -0.25) is 0 Å². The van der Waals surface area contributed by atoms with Crippen molar-refractivity contribution < 1.29 is 19.1 Å². The van der Waals surface area contributed by atoms with E-state index in [1.807, 2.05) is 27.7 Å². The topological polar surface area (TPSA) is 81.9 Å². The molecule has 6 nitrogen and oxygen atoms in total. The molecule has 0 aliphatic carbocycles. The lowest BCUT2D eigenvalue weighted by molar-refractivity contribution is 0.0163. The van der Waals surface area contributed by atoms with Crippen molar-refractivity contribution in [2.24, 2.45) is 0 Å². The first-order valence-corrected chi connectivity index (χ1v) is 8.55. The van der Waals surface area contributed by atoms with Gasteiger partial charge in [-0.25, -0.2) is 9.59 Å². The predicted molar refractivity (Wildman–Crippen MR) is 89.7 cm³/mol. The lowest BCUT2D eigenvalue weighted by Crippen LogP contribution is -2.41. The van der Waals surface area contributed by atoms with Crippen molar-refractivity contribution in [2.45, 2.75) is 52.7 Å². The van der Waals surface area contributed by atoms with E-state index in [0.29, 0.717) is 30.1 Å². The Kier molecular flexibility index (Phi) is 4.89. The van der Waals surface area contributed by atoms with Gasteiger partial charge in [0.1, 0.15) is 10.6 Å². The van der Waals surface area contributed by atoms with E-state index in [1.165, 1.54) is 11.3 Å². The maximum absolute atomic E-state index is 12.3. The van der Waals surface area contributed by atoms with E-state index in [-0.39, 0.29) is 18.1 Å². The zero-order valence-corrected chi connectivity index (χ0v) is 15.1. The molecule has 7 heteroatoms. The van der Waals surface area contributed by atoms with Crippen molar-refractivity contribution in [3.63, 3.8) is 0 Å². The fourth-order valence-corrected chi connectivity index (χ4v) is 3.82. The van der Waals surface area contributed by atoms with E-state index in [4.69, 9.17) is 15.2 Å². The number of hydrogen-bond acceptors (Lipinski definition) is 6. The summed E-state index contributed by atoms with van der Waals surface area (Å²) in [7, 11) is 0. The Hall–Kier alpha value is -1.76. The first-order chi connectivity index (χ1) is 10.7. The van der Waals surface area contributed by atoms with Crippen LogP contribution in [0.4, 0.5) is 9.80 Å². The number of nitrogens with two attached hydrogens (primary N) is 1. The number of carbonyl (C=O) groups is 2. The molecular weight excluding hydrogens is 316 g/mol. The van der Waals surface area contributed by atoms with Crippen LogP contribution in [0.5, 0.6) is 0 Å². The highest BCUT2D eigenvalue weighted by Crippen LogP contribution is 2.41. The number of fused-ring (bicyclic) bond motifs is 1. The number of carbonyl (C=O) groups excluding carboxylic acids is 2. The van der Waals surface area contributed by atoms with Crippen molar-refractivity contribution in [3.8, 4) is 0 Å². The molecule has 1 aliphatic heterocycles. The number of esters is 1. The molecule has 1 amide bonds. The van der Waals surface area contributed by atoms with Crippen LogP contribution in [0.2, 0.25) is 0 Å². The highest BCUT2D eigenvalue weighted by atomic mass is 32.1. The monoisotopic (exact) mass is 340 g/mol. The number of rotatable bonds is 2. The van der Waals surface area contributed by atoms with E-state index in [1.54, 1.807) is 11.8 Å². The lowest BCUT2D eigenvalue weighted by atomic mass is 9.98. The Bertz CT molecular complexity index is 618. The largest absolute Gasteiger partial charge is 0.462 e. The standard InChI is InChI=1S/C16H24N2O4S/c1-6-21-14(19)11-10-7-8-18(15(20)22-16(3,4)5)9(2)12(10)23-13(11)17/h9H,6-8,17H2,1-5H3/t9-/m1/s1. The summed E-state index contributed by atoms with van der Waals surface area (Å²) in [6, 6.07) is -0.177. The molecule has 128 valence electrons. The van der Waals surface area contributed by atoms with Gasteiger partial charge in [-0.1, -0.05) is 0 Å². The summed E-state index contributed by atoms with van der Waals surface area (Å²) in [5.41, 5.74) is 6.84. The fraction of sp³-hybridized carbons (Fsp3) is 0.625. The second kappa shape index (κ2) is 6.39. The minimum Gasteiger partial charge on any atom is -0.462 e. The van der Waals surface area contributed by atoms with Gasteiger partial charge >= 0.3 is 12.1 Å². The minimum absolute atomic E-state index is 0.177. The van der Waals surface area contributed by atoms with Crippen LogP contribution in [0.15, 0.2) is 0 Å². The molecule has 0 saturated carbocycles.